The summed E-state index contributed by atoms with van der Waals surface area (Å²) in [6, 6.07) is -0.117. The first kappa shape index (κ1) is 15.5. The molecule has 106 valence electrons. The Balaban J connectivity index is 2.73. The lowest BCUT2D eigenvalue weighted by atomic mass is 10.1. The summed E-state index contributed by atoms with van der Waals surface area (Å²) in [5, 5.41) is 0. The van der Waals surface area contributed by atoms with Gasteiger partial charge in [-0.05, 0) is 40.5 Å². The molecule has 1 fully saturated rings. The second-order valence-corrected chi connectivity index (χ2v) is 5.54. The van der Waals surface area contributed by atoms with Crippen molar-refractivity contribution in [2.75, 3.05) is 13.2 Å². The van der Waals surface area contributed by atoms with E-state index in [2.05, 4.69) is 11.8 Å². The number of carbonyl (C=O) groups is 2. The number of amides is 1. The quantitative estimate of drug-likeness (QED) is 0.535. The van der Waals surface area contributed by atoms with E-state index in [9.17, 15) is 9.59 Å². The lowest BCUT2D eigenvalue weighted by Gasteiger charge is -2.37. The molecule has 0 spiro atoms. The molecule has 0 radical (unpaired) electrons. The second-order valence-electron chi connectivity index (χ2n) is 5.54. The van der Waals surface area contributed by atoms with Crippen molar-refractivity contribution in [1.29, 1.82) is 0 Å². The smallest absolute Gasteiger partial charge is 0.410 e. The van der Waals surface area contributed by atoms with E-state index in [4.69, 9.17) is 9.47 Å². The molecule has 5 heteroatoms. The first-order chi connectivity index (χ1) is 8.74. The van der Waals surface area contributed by atoms with E-state index in [1.54, 1.807) is 27.7 Å². The van der Waals surface area contributed by atoms with Crippen molar-refractivity contribution >= 4 is 11.9 Å². The van der Waals surface area contributed by atoms with Gasteiger partial charge in [-0.3, -0.25) is 4.79 Å². The van der Waals surface area contributed by atoms with Gasteiger partial charge in [0.1, 0.15) is 11.7 Å². The topological polar surface area (TPSA) is 55.8 Å². The van der Waals surface area contributed by atoms with Gasteiger partial charge in [-0.1, -0.05) is 5.92 Å². The summed E-state index contributed by atoms with van der Waals surface area (Å²) < 4.78 is 10.7. The minimum Gasteiger partial charge on any atom is -0.444 e. The fourth-order valence-electron chi connectivity index (χ4n) is 1.69. The second kappa shape index (κ2) is 6.07. The molecule has 1 aliphatic rings. The van der Waals surface area contributed by atoms with Crippen molar-refractivity contribution in [3.63, 3.8) is 0 Å². The van der Waals surface area contributed by atoms with Crippen LogP contribution in [0, 0.1) is 11.8 Å². The molecule has 1 rings (SSSR count). The van der Waals surface area contributed by atoms with Gasteiger partial charge < -0.3 is 14.4 Å². The highest BCUT2D eigenvalue weighted by molar-refractivity contribution is 5.99. The first-order valence-corrected chi connectivity index (χ1v) is 6.32. The van der Waals surface area contributed by atoms with Gasteiger partial charge in [-0.25, -0.2) is 4.79 Å². The zero-order valence-corrected chi connectivity index (χ0v) is 12.1. The predicted molar refractivity (Wildman–Crippen MR) is 70.6 cm³/mol. The molecule has 0 N–H and O–H groups in total. The van der Waals surface area contributed by atoms with E-state index >= 15 is 0 Å². The van der Waals surface area contributed by atoms with Crippen LogP contribution in [0.3, 0.4) is 0 Å². The molecule has 1 heterocycles. The molecule has 0 aliphatic carbocycles. The number of rotatable bonds is 1. The standard InChI is InChI=1S/C14H21NO4/c1-6-7-11(16)12-8-15(10(2)9-18-12)13(17)19-14(3,4)5/h10,12H,8-9H2,1-5H3/t10-,12-/m1/s1. The van der Waals surface area contributed by atoms with Crippen molar-refractivity contribution < 1.29 is 19.1 Å². The summed E-state index contributed by atoms with van der Waals surface area (Å²) in [6.45, 7) is 9.36. The van der Waals surface area contributed by atoms with Gasteiger partial charge in [0, 0.05) is 0 Å². The third-order valence-electron chi connectivity index (χ3n) is 2.60. The number of ketones is 1. The monoisotopic (exact) mass is 267 g/mol. The molecule has 1 amide bonds. The number of Topliss-reactive ketones (excluding diaryl/α,β-unsaturated/α-hetero) is 1. The van der Waals surface area contributed by atoms with Crippen LogP contribution >= 0.6 is 0 Å². The molecule has 0 unspecified atom stereocenters. The lowest BCUT2D eigenvalue weighted by molar-refractivity contribution is -0.132. The molecule has 2 atom stereocenters. The Labute approximate surface area is 114 Å². The molecule has 19 heavy (non-hydrogen) atoms. The van der Waals surface area contributed by atoms with Crippen LogP contribution in [0.4, 0.5) is 4.79 Å². The van der Waals surface area contributed by atoms with Gasteiger partial charge >= 0.3 is 6.09 Å². The molecule has 0 bridgehead atoms. The van der Waals surface area contributed by atoms with Gasteiger partial charge in [-0.15, -0.1) is 0 Å². The maximum atomic E-state index is 12.1. The van der Waals surface area contributed by atoms with E-state index in [-0.39, 0.29) is 18.4 Å². The van der Waals surface area contributed by atoms with E-state index in [0.717, 1.165) is 0 Å². The number of nitrogens with zero attached hydrogens (tertiary/aromatic N) is 1. The highest BCUT2D eigenvalue weighted by Gasteiger charge is 2.35. The molecule has 0 saturated carbocycles. The van der Waals surface area contributed by atoms with Gasteiger partial charge in [0.05, 0.1) is 19.2 Å². The average molecular weight is 267 g/mol. The minimum atomic E-state index is -0.684. The number of morpholine rings is 1. The minimum absolute atomic E-state index is 0.117. The van der Waals surface area contributed by atoms with Crippen molar-refractivity contribution in [1.82, 2.24) is 4.90 Å². The Morgan fingerprint density at radius 3 is 2.53 bits per heavy atom. The average Bonchev–Trinajstić information content (AvgIpc) is 2.27. The van der Waals surface area contributed by atoms with Crippen LogP contribution in [0.5, 0.6) is 0 Å². The van der Waals surface area contributed by atoms with Crippen LogP contribution in [-0.2, 0) is 14.3 Å². The Morgan fingerprint density at radius 1 is 1.37 bits per heavy atom. The zero-order valence-electron chi connectivity index (χ0n) is 12.1. The summed E-state index contributed by atoms with van der Waals surface area (Å²) >= 11 is 0. The maximum Gasteiger partial charge on any atom is 0.410 e. The van der Waals surface area contributed by atoms with Crippen LogP contribution in [0.25, 0.3) is 0 Å². The van der Waals surface area contributed by atoms with E-state index in [1.807, 2.05) is 6.92 Å². The van der Waals surface area contributed by atoms with Crippen LogP contribution in [-0.4, -0.2) is 47.7 Å². The molecular weight excluding hydrogens is 246 g/mol. The Kier molecular flexibility index (Phi) is 4.96. The highest BCUT2D eigenvalue weighted by atomic mass is 16.6. The Hall–Kier alpha value is -1.54. The van der Waals surface area contributed by atoms with Crippen molar-refractivity contribution in [3.05, 3.63) is 0 Å². The summed E-state index contributed by atoms with van der Waals surface area (Å²) in [5.74, 6) is 4.69. The van der Waals surface area contributed by atoms with E-state index < -0.39 is 17.8 Å². The SMILES string of the molecule is CC#CC(=O)[C@H]1CN(C(=O)OC(C)(C)C)[C@H](C)CO1. The van der Waals surface area contributed by atoms with Crippen molar-refractivity contribution in [2.24, 2.45) is 0 Å². The van der Waals surface area contributed by atoms with Gasteiger partial charge in [-0.2, -0.15) is 0 Å². The Morgan fingerprint density at radius 2 is 2.00 bits per heavy atom. The fraction of sp³-hybridized carbons (Fsp3) is 0.714. The number of hydrogen-bond donors (Lipinski definition) is 0. The summed E-state index contributed by atoms with van der Waals surface area (Å²) in [7, 11) is 0. The summed E-state index contributed by atoms with van der Waals surface area (Å²) in [6.07, 6.45) is -1.11. The predicted octanol–water partition coefficient (Wildman–Crippen LogP) is 1.60. The van der Waals surface area contributed by atoms with Gasteiger partial charge in [0.15, 0.2) is 0 Å². The molecule has 5 nitrogen and oxygen atoms in total. The lowest BCUT2D eigenvalue weighted by Crippen LogP contribution is -2.54. The zero-order chi connectivity index (χ0) is 14.6. The maximum absolute atomic E-state index is 12.1. The molecule has 0 aromatic rings. The molecule has 1 saturated heterocycles. The molecule has 0 aromatic heterocycles. The van der Waals surface area contributed by atoms with Crippen LogP contribution < -0.4 is 0 Å². The largest absolute Gasteiger partial charge is 0.444 e. The van der Waals surface area contributed by atoms with E-state index in [1.165, 1.54) is 4.90 Å². The first-order valence-electron chi connectivity index (χ1n) is 6.32. The van der Waals surface area contributed by atoms with Gasteiger partial charge in [0.2, 0.25) is 5.78 Å². The van der Waals surface area contributed by atoms with Gasteiger partial charge in [0.25, 0.3) is 0 Å². The highest BCUT2D eigenvalue weighted by Crippen LogP contribution is 2.17. The summed E-state index contributed by atoms with van der Waals surface area (Å²) in [5.41, 5.74) is -0.558. The molecule has 0 aromatic carbocycles. The van der Waals surface area contributed by atoms with Crippen LogP contribution in [0.15, 0.2) is 0 Å². The fourth-order valence-corrected chi connectivity index (χ4v) is 1.69. The van der Waals surface area contributed by atoms with Crippen molar-refractivity contribution in [2.45, 2.75) is 52.4 Å². The van der Waals surface area contributed by atoms with Crippen molar-refractivity contribution in [3.8, 4) is 11.8 Å². The van der Waals surface area contributed by atoms with E-state index in [0.29, 0.717) is 6.61 Å². The number of ether oxygens (including phenoxy) is 2. The Bertz CT molecular complexity index is 413. The number of hydrogen-bond acceptors (Lipinski definition) is 4. The normalized spacial score (nSPS) is 23.3. The third kappa shape index (κ3) is 4.56. The third-order valence-corrected chi connectivity index (χ3v) is 2.60. The van der Waals surface area contributed by atoms with Crippen LogP contribution in [0.1, 0.15) is 34.6 Å². The molecule has 1 aliphatic heterocycles. The summed E-state index contributed by atoms with van der Waals surface area (Å²) in [4.78, 5) is 25.3. The number of carbonyl (C=O) groups excluding carboxylic acids is 2. The van der Waals surface area contributed by atoms with Crippen LogP contribution in [0.2, 0.25) is 0 Å². The molecular formula is C14H21NO4.